The molecule has 0 aromatic carbocycles. The molecular formula is C42H71N11O19S. The number of hydrogen-bond donors (Lipinski definition) is 17. The first-order valence-electron chi connectivity index (χ1n) is 22.9. The van der Waals surface area contributed by atoms with E-state index < -0.39 is 189 Å². The molecule has 0 spiro atoms. The third-order valence-electron chi connectivity index (χ3n) is 10.5. The van der Waals surface area contributed by atoms with Crippen LogP contribution in [0.1, 0.15) is 85.5 Å². The second-order valence-electron chi connectivity index (χ2n) is 16.9. The number of amides is 9. The molecule has 30 nitrogen and oxygen atoms in total. The van der Waals surface area contributed by atoms with Crippen LogP contribution in [0.3, 0.4) is 0 Å². The van der Waals surface area contributed by atoms with E-state index in [1.807, 2.05) is 0 Å². The lowest BCUT2D eigenvalue weighted by atomic mass is 10.0. The molecule has 10 atom stereocenters. The fourth-order valence-corrected chi connectivity index (χ4v) is 6.67. The summed E-state index contributed by atoms with van der Waals surface area (Å²) in [4.78, 5) is 164. The SMILES string of the molecule is CSCC[C@H](NC(=O)[C@H](CO)NC(=O)[C@H](C)NC(=O)[C@H](CCCCN)NC(=O)[C@H](CC(=O)O)NC(=O)CNC(=O)[C@H](CCC(=O)O)NC(=O)[C@@H](NC(=O)[C@@H](N)[C@@H](C)O)C(C)C)C(=O)N[C@@H](CCC(=O)O)C(=O)O. The first kappa shape index (κ1) is 66.3. The molecule has 0 aliphatic heterocycles. The zero-order valence-electron chi connectivity index (χ0n) is 41.1. The van der Waals surface area contributed by atoms with Gasteiger partial charge in [0.2, 0.25) is 53.2 Å². The van der Waals surface area contributed by atoms with Crippen molar-refractivity contribution in [3.8, 4) is 0 Å². The van der Waals surface area contributed by atoms with Gasteiger partial charge < -0.3 is 90.0 Å². The molecule has 0 saturated heterocycles. The summed E-state index contributed by atoms with van der Waals surface area (Å²) in [5.74, 6) is -15.7. The van der Waals surface area contributed by atoms with Gasteiger partial charge in [-0.1, -0.05) is 13.8 Å². The van der Waals surface area contributed by atoms with Crippen molar-refractivity contribution in [3.63, 3.8) is 0 Å². The summed E-state index contributed by atoms with van der Waals surface area (Å²) in [6, 6.07) is -14.0. The van der Waals surface area contributed by atoms with E-state index in [0.717, 1.165) is 6.92 Å². The summed E-state index contributed by atoms with van der Waals surface area (Å²) in [7, 11) is 0. The first-order valence-corrected chi connectivity index (χ1v) is 24.3. The van der Waals surface area contributed by atoms with E-state index in [1.165, 1.54) is 32.5 Å². The van der Waals surface area contributed by atoms with Gasteiger partial charge in [0.1, 0.15) is 54.4 Å². The molecule has 31 heteroatoms. The average molecular weight is 1070 g/mol. The highest BCUT2D eigenvalue weighted by Gasteiger charge is 2.35. The molecule has 19 N–H and O–H groups in total. The van der Waals surface area contributed by atoms with Crippen molar-refractivity contribution in [2.24, 2.45) is 17.4 Å². The molecule has 73 heavy (non-hydrogen) atoms. The Labute approximate surface area is 423 Å². The molecule has 9 amide bonds. The van der Waals surface area contributed by atoms with Crippen LogP contribution in [0.15, 0.2) is 0 Å². The predicted octanol–water partition coefficient (Wildman–Crippen LogP) is -6.47. The first-order chi connectivity index (χ1) is 34.1. The van der Waals surface area contributed by atoms with Gasteiger partial charge in [0.15, 0.2) is 0 Å². The number of thioether (sulfide) groups is 1. The van der Waals surface area contributed by atoms with Gasteiger partial charge in [0.05, 0.1) is 25.7 Å². The van der Waals surface area contributed by atoms with Crippen LogP contribution in [0.5, 0.6) is 0 Å². The second kappa shape index (κ2) is 34.6. The molecule has 0 fully saturated rings. The van der Waals surface area contributed by atoms with Gasteiger partial charge in [-0.15, -0.1) is 0 Å². The number of nitrogens with two attached hydrogens (primary N) is 2. The van der Waals surface area contributed by atoms with Gasteiger partial charge >= 0.3 is 23.9 Å². The van der Waals surface area contributed by atoms with E-state index in [4.69, 9.17) is 16.6 Å². The molecule has 0 aromatic rings. The Balaban J connectivity index is 6.08. The van der Waals surface area contributed by atoms with Crippen molar-refractivity contribution < 1.29 is 93.0 Å². The van der Waals surface area contributed by atoms with Gasteiger partial charge in [-0.3, -0.25) is 57.5 Å². The molecule has 0 saturated carbocycles. The maximum absolute atomic E-state index is 13.5. The summed E-state index contributed by atoms with van der Waals surface area (Å²) in [5, 5.41) is 77.1. The number of hydrogen-bond acceptors (Lipinski definition) is 18. The van der Waals surface area contributed by atoms with Crippen LogP contribution >= 0.6 is 11.8 Å². The number of carbonyl (C=O) groups excluding carboxylic acids is 9. The lowest BCUT2D eigenvalue weighted by molar-refractivity contribution is -0.143. The largest absolute Gasteiger partial charge is 0.481 e. The fraction of sp³-hybridized carbons (Fsp3) is 0.690. The molecule has 0 unspecified atom stereocenters. The van der Waals surface area contributed by atoms with Crippen LogP contribution in [0, 0.1) is 5.92 Å². The number of carbonyl (C=O) groups is 13. The molecule has 0 heterocycles. The van der Waals surface area contributed by atoms with E-state index in [9.17, 15) is 87.9 Å². The van der Waals surface area contributed by atoms with E-state index in [2.05, 4.69) is 47.9 Å². The third-order valence-corrected chi connectivity index (χ3v) is 11.1. The Morgan fingerprint density at radius 2 is 1.00 bits per heavy atom. The topological polar surface area (TPSA) is 504 Å². The Bertz CT molecular complexity index is 1940. The summed E-state index contributed by atoms with van der Waals surface area (Å²) < 4.78 is 0. The zero-order valence-corrected chi connectivity index (χ0v) is 41.9. The normalized spacial score (nSPS) is 15.1. The van der Waals surface area contributed by atoms with Gasteiger partial charge in [-0.2, -0.15) is 11.8 Å². The smallest absolute Gasteiger partial charge is 0.326 e. The lowest BCUT2D eigenvalue weighted by Gasteiger charge is -2.26. The van der Waals surface area contributed by atoms with Crippen LogP contribution in [0.2, 0.25) is 0 Å². The van der Waals surface area contributed by atoms with Crippen molar-refractivity contribution in [2.45, 2.75) is 146 Å². The molecule has 0 rings (SSSR count). The Morgan fingerprint density at radius 1 is 0.521 bits per heavy atom. The minimum absolute atomic E-state index is 0.0573. The van der Waals surface area contributed by atoms with Crippen LogP contribution in [0.25, 0.3) is 0 Å². The fourth-order valence-electron chi connectivity index (χ4n) is 6.20. The maximum atomic E-state index is 13.5. The number of aliphatic hydroxyl groups excluding tert-OH is 2. The number of aliphatic carboxylic acids is 4. The van der Waals surface area contributed by atoms with Crippen molar-refractivity contribution in [1.82, 2.24) is 47.9 Å². The number of rotatable bonds is 37. The molecule has 0 bridgehead atoms. The zero-order chi connectivity index (χ0) is 56.1. The van der Waals surface area contributed by atoms with Crippen molar-refractivity contribution in [3.05, 3.63) is 0 Å². The molecule has 0 aliphatic rings. The van der Waals surface area contributed by atoms with Crippen molar-refractivity contribution in [1.29, 1.82) is 0 Å². The molecule has 0 aliphatic carbocycles. The van der Waals surface area contributed by atoms with Gasteiger partial charge in [-0.25, -0.2) is 4.79 Å². The third kappa shape index (κ3) is 26.5. The standard InChI is InChI=1S/C42H71N11O19S/c1-19(2)33(53-40(69)32(44)21(4)55)41(70)50-23(9-11-29(57)58)35(64)45-17-28(56)47-26(16-31(61)62)38(67)48-22(8-6-7-14-43)36(65)46-20(3)34(63)52-27(18-54)39(68)49-24(13-15-73-5)37(66)51-25(42(71)72)10-12-30(59)60/h19-27,32-33,54-55H,6-18,43-44H2,1-5H3,(H,45,64)(H,46,65)(H,47,56)(H,48,67)(H,49,68)(H,50,70)(H,51,66)(H,52,63)(H,53,69)(H,57,58)(H,59,60)(H,61,62)(H,71,72)/t20-,21+,22-,23-,24-,25-,26-,27-,32-,33-/m0/s1. The Hall–Kier alpha value is -6.70. The average Bonchev–Trinajstić information content (AvgIpc) is 3.30. The van der Waals surface area contributed by atoms with E-state index >= 15 is 0 Å². The van der Waals surface area contributed by atoms with Gasteiger partial charge in [0, 0.05) is 12.8 Å². The summed E-state index contributed by atoms with van der Waals surface area (Å²) in [6.45, 7) is 3.62. The van der Waals surface area contributed by atoms with Crippen molar-refractivity contribution >= 4 is 88.8 Å². The van der Waals surface area contributed by atoms with Crippen LogP contribution in [-0.4, -0.2) is 200 Å². The molecular weight excluding hydrogens is 995 g/mol. The van der Waals surface area contributed by atoms with Gasteiger partial charge in [0.25, 0.3) is 0 Å². The quantitative estimate of drug-likeness (QED) is 0.0257. The highest BCUT2D eigenvalue weighted by atomic mass is 32.2. The van der Waals surface area contributed by atoms with Crippen LogP contribution in [0.4, 0.5) is 0 Å². The summed E-state index contributed by atoms with van der Waals surface area (Å²) in [5.41, 5.74) is 11.2. The van der Waals surface area contributed by atoms with Gasteiger partial charge in [-0.05, 0) is 76.8 Å². The number of carboxylic acid groups (broad SMARTS) is 4. The Kier molecular flexibility index (Phi) is 31.4. The maximum Gasteiger partial charge on any atom is 0.326 e. The van der Waals surface area contributed by atoms with Crippen molar-refractivity contribution in [2.75, 3.05) is 31.7 Å². The highest BCUT2D eigenvalue weighted by Crippen LogP contribution is 2.09. The van der Waals surface area contributed by atoms with E-state index in [-0.39, 0.29) is 31.6 Å². The second-order valence-corrected chi connectivity index (χ2v) is 17.9. The minimum atomic E-state index is -1.90. The number of carboxylic acids is 4. The van der Waals surface area contributed by atoms with Crippen LogP contribution in [-0.2, 0) is 62.3 Å². The molecule has 0 aromatic heterocycles. The Morgan fingerprint density at radius 3 is 1.49 bits per heavy atom. The summed E-state index contributed by atoms with van der Waals surface area (Å²) >= 11 is 1.26. The highest BCUT2D eigenvalue weighted by molar-refractivity contribution is 7.98. The number of nitrogens with one attached hydrogen (secondary N) is 9. The minimum Gasteiger partial charge on any atom is -0.481 e. The van der Waals surface area contributed by atoms with E-state index in [0.29, 0.717) is 6.42 Å². The number of unbranched alkanes of at least 4 members (excludes halogenated alkanes) is 1. The number of aliphatic hydroxyl groups is 2. The molecule has 0 radical (unpaired) electrons. The van der Waals surface area contributed by atoms with E-state index in [1.54, 1.807) is 6.26 Å². The summed E-state index contributed by atoms with van der Waals surface area (Å²) in [6.07, 6.45) is -2.59. The monoisotopic (exact) mass is 1070 g/mol. The lowest BCUT2D eigenvalue weighted by Crippen LogP contribution is -2.60. The van der Waals surface area contributed by atoms with Crippen LogP contribution < -0.4 is 59.3 Å². The predicted molar refractivity (Wildman–Crippen MR) is 255 cm³/mol. The molecule has 414 valence electrons.